The van der Waals surface area contributed by atoms with E-state index in [1.807, 2.05) is 12.1 Å². The molecular formula is C17H26ClN3O2. The largest absolute Gasteiger partial charge is 0.494 e. The van der Waals surface area contributed by atoms with E-state index in [-0.39, 0.29) is 18.3 Å². The highest BCUT2D eigenvalue weighted by Crippen LogP contribution is 2.27. The Morgan fingerprint density at radius 2 is 1.96 bits per heavy atom. The van der Waals surface area contributed by atoms with E-state index in [9.17, 15) is 4.79 Å². The monoisotopic (exact) mass is 339 g/mol. The Morgan fingerprint density at radius 1 is 1.13 bits per heavy atom. The molecule has 0 unspecified atom stereocenters. The van der Waals surface area contributed by atoms with Crippen molar-refractivity contribution >= 4 is 24.0 Å². The van der Waals surface area contributed by atoms with E-state index in [1.165, 1.54) is 12.0 Å². The quantitative estimate of drug-likeness (QED) is 0.779. The number of hydrogen-bond donors (Lipinski definition) is 2. The van der Waals surface area contributed by atoms with Crippen molar-refractivity contribution in [3.8, 4) is 5.75 Å². The summed E-state index contributed by atoms with van der Waals surface area (Å²) in [6.45, 7) is 6.43. The minimum atomic E-state index is 0. The lowest BCUT2D eigenvalue weighted by atomic mass is 10.0. The lowest BCUT2D eigenvalue weighted by Gasteiger charge is -2.27. The molecule has 0 spiro atoms. The number of carbonyl (C=O) groups excluding carboxylic acids is 1. The molecule has 0 aliphatic carbocycles. The second kappa shape index (κ2) is 9.11. The molecule has 2 heterocycles. The van der Waals surface area contributed by atoms with Crippen LogP contribution in [0.4, 0.5) is 5.69 Å². The summed E-state index contributed by atoms with van der Waals surface area (Å²) in [7, 11) is 0. The molecule has 5 nitrogen and oxygen atoms in total. The van der Waals surface area contributed by atoms with E-state index in [0.29, 0.717) is 6.42 Å². The zero-order chi connectivity index (χ0) is 15.2. The number of nitrogens with one attached hydrogen (secondary N) is 2. The molecule has 1 aromatic carbocycles. The summed E-state index contributed by atoms with van der Waals surface area (Å²) in [5.74, 6) is 0.948. The van der Waals surface area contributed by atoms with Gasteiger partial charge in [-0.3, -0.25) is 4.79 Å². The third kappa shape index (κ3) is 5.37. The Balaban J connectivity index is 0.00000192. The van der Waals surface area contributed by atoms with Gasteiger partial charge in [0.25, 0.3) is 0 Å². The number of amides is 1. The maximum Gasteiger partial charge on any atom is 0.224 e. The van der Waals surface area contributed by atoms with E-state index >= 15 is 0 Å². The number of hydrogen-bond acceptors (Lipinski definition) is 4. The first-order valence-electron chi connectivity index (χ1n) is 8.30. The molecule has 0 bridgehead atoms. The third-order valence-electron chi connectivity index (χ3n) is 4.32. The third-order valence-corrected chi connectivity index (χ3v) is 4.32. The first-order chi connectivity index (χ1) is 10.8. The van der Waals surface area contributed by atoms with Crippen LogP contribution in [0.3, 0.4) is 0 Å². The number of unbranched alkanes of at least 4 members (excludes halogenated alkanes) is 1. The number of ether oxygens (including phenoxy) is 1. The molecule has 6 heteroatoms. The van der Waals surface area contributed by atoms with Gasteiger partial charge in [-0.15, -0.1) is 12.4 Å². The molecule has 0 atom stereocenters. The highest BCUT2D eigenvalue weighted by Gasteiger charge is 2.15. The molecule has 1 amide bonds. The van der Waals surface area contributed by atoms with Gasteiger partial charge in [0.15, 0.2) is 0 Å². The molecular weight excluding hydrogens is 314 g/mol. The molecule has 128 valence electrons. The SMILES string of the molecule is Cl.O=C1CCc2ccc(OCCCCN3CCNCC3)cc2N1. The van der Waals surface area contributed by atoms with Crippen molar-refractivity contribution in [2.75, 3.05) is 44.6 Å². The fraction of sp³-hybridized carbons (Fsp3) is 0.588. The normalized spacial score (nSPS) is 17.8. The topological polar surface area (TPSA) is 53.6 Å². The molecule has 2 N–H and O–H groups in total. The molecule has 3 rings (SSSR count). The highest BCUT2D eigenvalue weighted by atomic mass is 35.5. The van der Waals surface area contributed by atoms with Gasteiger partial charge in [-0.1, -0.05) is 6.07 Å². The Bertz CT molecular complexity index is 519. The van der Waals surface area contributed by atoms with Gasteiger partial charge in [0.1, 0.15) is 5.75 Å². The summed E-state index contributed by atoms with van der Waals surface area (Å²) in [5.41, 5.74) is 2.11. The highest BCUT2D eigenvalue weighted by molar-refractivity contribution is 5.94. The number of nitrogens with zero attached hydrogens (tertiary/aromatic N) is 1. The van der Waals surface area contributed by atoms with Crippen LogP contribution in [0, 0.1) is 0 Å². The van der Waals surface area contributed by atoms with Gasteiger partial charge in [0.2, 0.25) is 5.91 Å². The fourth-order valence-corrected chi connectivity index (χ4v) is 3.00. The summed E-state index contributed by atoms with van der Waals surface area (Å²) < 4.78 is 5.81. The molecule has 2 aliphatic rings. The van der Waals surface area contributed by atoms with Crippen LogP contribution in [0.1, 0.15) is 24.8 Å². The minimum Gasteiger partial charge on any atom is -0.494 e. The Kier molecular flexibility index (Phi) is 7.15. The van der Waals surface area contributed by atoms with Gasteiger partial charge < -0.3 is 20.3 Å². The fourth-order valence-electron chi connectivity index (χ4n) is 3.00. The Morgan fingerprint density at radius 3 is 2.78 bits per heavy atom. The average molecular weight is 340 g/mol. The number of carbonyl (C=O) groups is 1. The van der Waals surface area contributed by atoms with Crippen LogP contribution in [0.2, 0.25) is 0 Å². The van der Waals surface area contributed by atoms with Crippen molar-refractivity contribution in [3.63, 3.8) is 0 Å². The van der Waals surface area contributed by atoms with Gasteiger partial charge >= 0.3 is 0 Å². The van der Waals surface area contributed by atoms with Gasteiger partial charge in [0, 0.05) is 44.4 Å². The van der Waals surface area contributed by atoms with Crippen LogP contribution in [0.5, 0.6) is 5.75 Å². The summed E-state index contributed by atoms with van der Waals surface area (Å²) in [6, 6.07) is 6.01. The first kappa shape index (κ1) is 18.0. The number of anilines is 1. The van der Waals surface area contributed by atoms with Gasteiger partial charge in [-0.25, -0.2) is 0 Å². The predicted molar refractivity (Wildman–Crippen MR) is 94.7 cm³/mol. The van der Waals surface area contributed by atoms with E-state index in [1.54, 1.807) is 0 Å². The maximum absolute atomic E-state index is 11.4. The number of fused-ring (bicyclic) bond motifs is 1. The predicted octanol–water partition coefficient (Wildman–Crippen LogP) is 2.06. The maximum atomic E-state index is 11.4. The molecule has 0 aromatic heterocycles. The Hall–Kier alpha value is -1.30. The molecule has 0 saturated carbocycles. The second-order valence-electron chi connectivity index (χ2n) is 6.01. The van der Waals surface area contributed by atoms with E-state index in [2.05, 4.69) is 21.6 Å². The molecule has 23 heavy (non-hydrogen) atoms. The van der Waals surface area contributed by atoms with Crippen molar-refractivity contribution in [2.45, 2.75) is 25.7 Å². The van der Waals surface area contributed by atoms with E-state index < -0.39 is 0 Å². The molecule has 1 aromatic rings. The molecule has 2 aliphatic heterocycles. The van der Waals surface area contributed by atoms with Crippen molar-refractivity contribution in [2.24, 2.45) is 0 Å². The smallest absolute Gasteiger partial charge is 0.224 e. The lowest BCUT2D eigenvalue weighted by molar-refractivity contribution is -0.116. The van der Waals surface area contributed by atoms with Gasteiger partial charge in [-0.05, 0) is 37.4 Å². The zero-order valence-electron chi connectivity index (χ0n) is 13.5. The van der Waals surface area contributed by atoms with Gasteiger partial charge in [0.05, 0.1) is 6.61 Å². The molecule has 1 saturated heterocycles. The van der Waals surface area contributed by atoms with Gasteiger partial charge in [-0.2, -0.15) is 0 Å². The van der Waals surface area contributed by atoms with Crippen molar-refractivity contribution in [3.05, 3.63) is 23.8 Å². The second-order valence-corrected chi connectivity index (χ2v) is 6.01. The van der Waals surface area contributed by atoms with Crippen molar-refractivity contribution in [1.82, 2.24) is 10.2 Å². The van der Waals surface area contributed by atoms with E-state index in [0.717, 1.165) is 63.6 Å². The number of halogens is 1. The van der Waals surface area contributed by atoms with Crippen LogP contribution < -0.4 is 15.4 Å². The minimum absolute atomic E-state index is 0. The van der Waals surface area contributed by atoms with E-state index in [4.69, 9.17) is 4.74 Å². The number of aryl methyl sites for hydroxylation is 1. The van der Waals surface area contributed by atoms with Crippen LogP contribution in [0.15, 0.2) is 18.2 Å². The lowest BCUT2D eigenvalue weighted by Crippen LogP contribution is -2.43. The zero-order valence-corrected chi connectivity index (χ0v) is 14.3. The van der Waals surface area contributed by atoms with Crippen molar-refractivity contribution in [1.29, 1.82) is 0 Å². The summed E-state index contributed by atoms with van der Waals surface area (Å²) in [5, 5.41) is 6.28. The number of piperazine rings is 1. The summed E-state index contributed by atoms with van der Waals surface area (Å²) in [6.07, 6.45) is 3.64. The molecule has 1 fully saturated rings. The molecule has 0 radical (unpaired) electrons. The number of rotatable bonds is 6. The van der Waals surface area contributed by atoms with Crippen LogP contribution >= 0.6 is 12.4 Å². The van der Waals surface area contributed by atoms with Crippen LogP contribution in [0.25, 0.3) is 0 Å². The number of benzene rings is 1. The van der Waals surface area contributed by atoms with Crippen LogP contribution in [-0.4, -0.2) is 50.1 Å². The summed E-state index contributed by atoms with van der Waals surface area (Å²) in [4.78, 5) is 13.9. The standard InChI is InChI=1S/C17H25N3O2.ClH/c21-17-6-4-14-3-5-15(13-16(14)19-17)22-12-2-1-9-20-10-7-18-8-11-20;/h3,5,13,18H,1-2,4,6-12H2,(H,19,21);1H. The average Bonchev–Trinajstić information content (AvgIpc) is 2.55. The Labute approximate surface area is 144 Å². The first-order valence-corrected chi connectivity index (χ1v) is 8.30. The van der Waals surface area contributed by atoms with Crippen LogP contribution in [-0.2, 0) is 11.2 Å². The summed E-state index contributed by atoms with van der Waals surface area (Å²) >= 11 is 0. The van der Waals surface area contributed by atoms with Crippen molar-refractivity contribution < 1.29 is 9.53 Å².